The molecule has 1 aromatic carbocycles. The first-order chi connectivity index (χ1) is 7.68. The minimum atomic E-state index is -0.875. The second kappa shape index (κ2) is 4.78. The van der Waals surface area contributed by atoms with Gasteiger partial charge in [0.2, 0.25) is 0 Å². The number of anilines is 1. The molecule has 0 heterocycles. The summed E-state index contributed by atoms with van der Waals surface area (Å²) in [6.45, 7) is 0. The average molecular weight is 227 g/mol. The summed E-state index contributed by atoms with van der Waals surface area (Å²) in [6, 6.07) is 3.85. The largest absolute Gasteiger partial charge is 0.391 e. The molecule has 2 rings (SSSR count). The van der Waals surface area contributed by atoms with Gasteiger partial charge in [0.25, 0.3) is 0 Å². The monoisotopic (exact) mass is 227 g/mol. The molecule has 1 aliphatic carbocycles. The van der Waals surface area contributed by atoms with Crippen LogP contribution < -0.4 is 5.32 Å². The fourth-order valence-corrected chi connectivity index (χ4v) is 2.09. The zero-order valence-corrected chi connectivity index (χ0v) is 8.92. The minimum Gasteiger partial charge on any atom is -0.391 e. The van der Waals surface area contributed by atoms with Crippen molar-refractivity contribution in [3.63, 3.8) is 0 Å². The van der Waals surface area contributed by atoms with E-state index in [9.17, 15) is 13.9 Å². The normalized spacial score (nSPS) is 25.4. The number of hydrogen-bond acceptors (Lipinski definition) is 2. The van der Waals surface area contributed by atoms with Crippen molar-refractivity contribution in [1.82, 2.24) is 0 Å². The maximum Gasteiger partial charge on any atom is 0.181 e. The van der Waals surface area contributed by atoms with Gasteiger partial charge >= 0.3 is 0 Å². The Balaban J connectivity index is 2.10. The minimum absolute atomic E-state index is 0.131. The molecule has 4 heteroatoms. The molecule has 1 aliphatic rings. The van der Waals surface area contributed by atoms with Gasteiger partial charge in [-0.2, -0.15) is 0 Å². The van der Waals surface area contributed by atoms with Gasteiger partial charge in [-0.1, -0.05) is 18.9 Å². The van der Waals surface area contributed by atoms with Crippen LogP contribution in [0.3, 0.4) is 0 Å². The van der Waals surface area contributed by atoms with Gasteiger partial charge in [-0.25, -0.2) is 8.78 Å². The van der Waals surface area contributed by atoms with E-state index in [0.29, 0.717) is 6.42 Å². The third kappa shape index (κ3) is 2.32. The van der Waals surface area contributed by atoms with Crippen LogP contribution in [0, 0.1) is 11.6 Å². The topological polar surface area (TPSA) is 32.3 Å². The van der Waals surface area contributed by atoms with Crippen molar-refractivity contribution in [2.45, 2.75) is 37.8 Å². The van der Waals surface area contributed by atoms with Crippen molar-refractivity contribution in [2.75, 3.05) is 5.32 Å². The SMILES string of the molecule is OC1CCCCC1Nc1cccc(F)c1F. The smallest absolute Gasteiger partial charge is 0.181 e. The molecule has 0 spiro atoms. The Morgan fingerprint density at radius 2 is 1.94 bits per heavy atom. The summed E-state index contributed by atoms with van der Waals surface area (Å²) in [6.07, 6.45) is 3.03. The van der Waals surface area contributed by atoms with E-state index in [1.165, 1.54) is 12.1 Å². The number of rotatable bonds is 2. The Labute approximate surface area is 93.3 Å². The standard InChI is InChI=1S/C12H15F2NO/c13-8-4-3-6-10(12(8)14)15-9-5-1-2-7-11(9)16/h3-4,6,9,11,15-16H,1-2,5,7H2. The molecule has 0 aromatic heterocycles. The molecular formula is C12H15F2NO. The molecule has 2 unspecified atom stereocenters. The lowest BCUT2D eigenvalue weighted by atomic mass is 9.92. The molecule has 2 nitrogen and oxygen atoms in total. The fraction of sp³-hybridized carbons (Fsp3) is 0.500. The van der Waals surface area contributed by atoms with Crippen molar-refractivity contribution in [2.24, 2.45) is 0 Å². The molecule has 1 aromatic rings. The summed E-state index contributed by atoms with van der Waals surface area (Å²) in [7, 11) is 0. The second-order valence-corrected chi connectivity index (χ2v) is 4.20. The first kappa shape index (κ1) is 11.3. The predicted molar refractivity (Wildman–Crippen MR) is 58.2 cm³/mol. The molecule has 1 saturated carbocycles. The van der Waals surface area contributed by atoms with Gasteiger partial charge in [0.05, 0.1) is 17.8 Å². The van der Waals surface area contributed by atoms with Gasteiger partial charge in [0.15, 0.2) is 11.6 Å². The molecule has 0 saturated heterocycles. The van der Waals surface area contributed by atoms with Crippen LogP contribution in [-0.4, -0.2) is 17.3 Å². The zero-order valence-electron chi connectivity index (χ0n) is 8.92. The Kier molecular flexibility index (Phi) is 3.39. The van der Waals surface area contributed by atoms with Crippen LogP contribution in [0.5, 0.6) is 0 Å². The summed E-state index contributed by atoms with van der Waals surface area (Å²) in [5.74, 6) is -1.74. The van der Waals surface area contributed by atoms with Crippen LogP contribution in [0.15, 0.2) is 18.2 Å². The number of halogens is 2. The summed E-state index contributed by atoms with van der Waals surface area (Å²) in [5, 5.41) is 12.6. The lowest BCUT2D eigenvalue weighted by molar-refractivity contribution is 0.116. The molecule has 0 aliphatic heterocycles. The van der Waals surface area contributed by atoms with E-state index in [-0.39, 0.29) is 11.7 Å². The second-order valence-electron chi connectivity index (χ2n) is 4.20. The first-order valence-electron chi connectivity index (χ1n) is 5.57. The van der Waals surface area contributed by atoms with E-state index in [4.69, 9.17) is 0 Å². The highest BCUT2D eigenvalue weighted by atomic mass is 19.2. The fourth-order valence-electron chi connectivity index (χ4n) is 2.09. The van der Waals surface area contributed by atoms with Crippen molar-refractivity contribution in [3.8, 4) is 0 Å². The Morgan fingerprint density at radius 3 is 2.69 bits per heavy atom. The van der Waals surface area contributed by atoms with Crippen molar-refractivity contribution >= 4 is 5.69 Å². The van der Waals surface area contributed by atoms with E-state index in [1.54, 1.807) is 0 Å². The van der Waals surface area contributed by atoms with Crippen LogP contribution in [-0.2, 0) is 0 Å². The maximum absolute atomic E-state index is 13.4. The molecule has 1 fully saturated rings. The summed E-state index contributed by atoms with van der Waals surface area (Å²) in [4.78, 5) is 0. The summed E-state index contributed by atoms with van der Waals surface area (Å²) in [5.41, 5.74) is 0.131. The maximum atomic E-state index is 13.4. The van der Waals surface area contributed by atoms with E-state index in [1.807, 2.05) is 0 Å². The summed E-state index contributed by atoms with van der Waals surface area (Å²) >= 11 is 0. The molecule has 0 bridgehead atoms. The van der Waals surface area contributed by atoms with Crippen LogP contribution in [0.4, 0.5) is 14.5 Å². The average Bonchev–Trinajstić information content (AvgIpc) is 2.28. The van der Waals surface area contributed by atoms with Gasteiger partial charge in [0, 0.05) is 0 Å². The van der Waals surface area contributed by atoms with Crippen molar-refractivity contribution < 1.29 is 13.9 Å². The van der Waals surface area contributed by atoms with E-state index in [2.05, 4.69) is 5.32 Å². The highest BCUT2D eigenvalue weighted by Gasteiger charge is 2.23. The third-order valence-corrected chi connectivity index (χ3v) is 3.02. The van der Waals surface area contributed by atoms with Crippen LogP contribution in [0.2, 0.25) is 0 Å². The number of benzene rings is 1. The molecular weight excluding hydrogens is 212 g/mol. The van der Waals surface area contributed by atoms with E-state index in [0.717, 1.165) is 25.3 Å². The highest BCUT2D eigenvalue weighted by Crippen LogP contribution is 2.24. The van der Waals surface area contributed by atoms with Gasteiger partial charge in [-0.15, -0.1) is 0 Å². The molecule has 0 radical (unpaired) electrons. The molecule has 0 amide bonds. The zero-order chi connectivity index (χ0) is 11.5. The van der Waals surface area contributed by atoms with Gasteiger partial charge in [-0.05, 0) is 25.0 Å². The highest BCUT2D eigenvalue weighted by molar-refractivity contribution is 5.46. The van der Waals surface area contributed by atoms with Gasteiger partial charge < -0.3 is 10.4 Å². The lowest BCUT2D eigenvalue weighted by Crippen LogP contribution is -2.36. The Hall–Kier alpha value is -1.16. The van der Waals surface area contributed by atoms with Crippen molar-refractivity contribution in [3.05, 3.63) is 29.8 Å². The molecule has 2 atom stereocenters. The van der Waals surface area contributed by atoms with E-state index < -0.39 is 17.7 Å². The molecule has 16 heavy (non-hydrogen) atoms. The number of aliphatic hydroxyl groups is 1. The number of nitrogens with one attached hydrogen (secondary N) is 1. The predicted octanol–water partition coefficient (Wildman–Crippen LogP) is 2.68. The molecule has 2 N–H and O–H groups in total. The van der Waals surface area contributed by atoms with Crippen LogP contribution >= 0.6 is 0 Å². The molecule has 88 valence electrons. The van der Waals surface area contributed by atoms with Crippen molar-refractivity contribution in [1.29, 1.82) is 0 Å². The quantitative estimate of drug-likeness (QED) is 0.814. The van der Waals surface area contributed by atoms with Crippen LogP contribution in [0.25, 0.3) is 0 Å². The number of aliphatic hydroxyl groups excluding tert-OH is 1. The Morgan fingerprint density at radius 1 is 1.19 bits per heavy atom. The first-order valence-corrected chi connectivity index (χ1v) is 5.57. The van der Waals surface area contributed by atoms with Gasteiger partial charge in [0.1, 0.15) is 0 Å². The lowest BCUT2D eigenvalue weighted by Gasteiger charge is -2.29. The summed E-state index contributed by atoms with van der Waals surface area (Å²) < 4.78 is 26.3. The number of hydrogen-bond donors (Lipinski definition) is 2. The van der Waals surface area contributed by atoms with E-state index >= 15 is 0 Å². The van der Waals surface area contributed by atoms with Gasteiger partial charge in [-0.3, -0.25) is 0 Å². The van der Waals surface area contributed by atoms with Crippen LogP contribution in [0.1, 0.15) is 25.7 Å². The third-order valence-electron chi connectivity index (χ3n) is 3.02. The Bertz CT molecular complexity index is 370.